The molecule has 1 aromatic carbocycles. The lowest BCUT2D eigenvalue weighted by Crippen LogP contribution is -2.33. The van der Waals surface area contributed by atoms with Gasteiger partial charge in [0.1, 0.15) is 11.7 Å². The Hall–Kier alpha value is -3.63. The van der Waals surface area contributed by atoms with Gasteiger partial charge in [-0.1, -0.05) is 6.07 Å². The number of hydrogen-bond donors (Lipinski definition) is 1. The summed E-state index contributed by atoms with van der Waals surface area (Å²) in [6, 6.07) is 6.97. The van der Waals surface area contributed by atoms with E-state index in [2.05, 4.69) is 20.1 Å². The largest absolute Gasteiger partial charge is 0.573 e. The first-order chi connectivity index (χ1) is 15.1. The molecule has 8 nitrogen and oxygen atoms in total. The number of alkyl halides is 3. The Balaban J connectivity index is 1.46. The number of benzene rings is 1. The maximum atomic E-state index is 12.8. The number of aromatic nitrogens is 3. The Bertz CT molecular complexity index is 1170. The van der Waals surface area contributed by atoms with Gasteiger partial charge in [-0.2, -0.15) is 5.10 Å². The van der Waals surface area contributed by atoms with Crippen molar-refractivity contribution in [2.24, 2.45) is 5.92 Å². The van der Waals surface area contributed by atoms with Gasteiger partial charge >= 0.3 is 6.36 Å². The van der Waals surface area contributed by atoms with Crippen molar-refractivity contribution >= 4 is 34.2 Å². The number of nitrogens with zero attached hydrogens (tertiary/aromatic N) is 4. The fraction of sp³-hybridized carbons (Fsp3) is 0.333. The molecule has 2 aromatic heterocycles. The van der Waals surface area contributed by atoms with Crippen LogP contribution in [0.1, 0.15) is 26.3 Å². The summed E-state index contributed by atoms with van der Waals surface area (Å²) >= 11 is 0. The summed E-state index contributed by atoms with van der Waals surface area (Å²) in [6.07, 6.45) is -1.46. The summed E-state index contributed by atoms with van der Waals surface area (Å²) in [5.41, 5.74) is 1.34. The predicted octanol–water partition coefficient (Wildman–Crippen LogP) is 3.90. The molecule has 1 N–H and O–H groups in total. The molecule has 32 heavy (non-hydrogen) atoms. The third-order valence-corrected chi connectivity index (χ3v) is 5.07. The van der Waals surface area contributed by atoms with Crippen molar-refractivity contribution in [1.29, 1.82) is 0 Å². The van der Waals surface area contributed by atoms with Crippen LogP contribution in [0, 0.1) is 5.92 Å². The molecule has 1 aliphatic rings. The Labute approximate surface area is 181 Å². The summed E-state index contributed by atoms with van der Waals surface area (Å²) < 4.78 is 43.1. The van der Waals surface area contributed by atoms with E-state index in [0.717, 1.165) is 17.5 Å². The molecule has 168 valence electrons. The maximum Gasteiger partial charge on any atom is 0.573 e. The molecule has 3 aromatic rings. The van der Waals surface area contributed by atoms with Crippen molar-refractivity contribution in [3.05, 3.63) is 42.7 Å². The number of carbonyl (C=O) groups is 2. The summed E-state index contributed by atoms with van der Waals surface area (Å²) in [4.78, 5) is 31.1. The number of amides is 2. The minimum Gasteiger partial charge on any atom is -0.406 e. The molecule has 0 radical (unpaired) electrons. The van der Waals surface area contributed by atoms with Crippen LogP contribution in [0.25, 0.3) is 11.0 Å². The number of nitrogens with one attached hydrogen (secondary N) is 1. The first-order valence-corrected chi connectivity index (χ1v) is 9.94. The second kappa shape index (κ2) is 8.13. The van der Waals surface area contributed by atoms with Gasteiger partial charge in [0, 0.05) is 29.7 Å². The molecule has 2 amide bonds. The highest BCUT2D eigenvalue weighted by atomic mass is 19.4. The number of halogens is 3. The van der Waals surface area contributed by atoms with Gasteiger partial charge in [0.15, 0.2) is 5.65 Å². The number of hydrogen-bond acceptors (Lipinski definition) is 5. The lowest BCUT2D eigenvalue weighted by molar-refractivity contribution is -0.274. The maximum absolute atomic E-state index is 12.8. The normalized spacial score (nSPS) is 16.8. The van der Waals surface area contributed by atoms with Crippen molar-refractivity contribution < 1.29 is 27.5 Å². The monoisotopic (exact) mass is 447 g/mol. The Morgan fingerprint density at radius 2 is 2.03 bits per heavy atom. The number of pyridine rings is 1. The Morgan fingerprint density at radius 1 is 1.25 bits per heavy atom. The van der Waals surface area contributed by atoms with Crippen molar-refractivity contribution in [3.63, 3.8) is 0 Å². The number of anilines is 2. The zero-order valence-electron chi connectivity index (χ0n) is 17.3. The van der Waals surface area contributed by atoms with Crippen molar-refractivity contribution in [2.45, 2.75) is 32.7 Å². The van der Waals surface area contributed by atoms with Crippen LogP contribution in [-0.4, -0.2) is 39.5 Å². The molecule has 4 rings (SSSR count). The topological polar surface area (TPSA) is 89.4 Å². The highest BCUT2D eigenvalue weighted by Crippen LogP contribution is 2.31. The average molecular weight is 447 g/mol. The van der Waals surface area contributed by atoms with E-state index in [4.69, 9.17) is 0 Å². The van der Waals surface area contributed by atoms with E-state index >= 15 is 0 Å². The van der Waals surface area contributed by atoms with E-state index in [9.17, 15) is 22.8 Å². The van der Waals surface area contributed by atoms with Crippen LogP contribution in [0.5, 0.6) is 5.75 Å². The second-order valence-electron chi connectivity index (χ2n) is 7.69. The van der Waals surface area contributed by atoms with Crippen molar-refractivity contribution in [2.75, 3.05) is 16.8 Å². The fourth-order valence-electron chi connectivity index (χ4n) is 3.64. The van der Waals surface area contributed by atoms with Crippen LogP contribution < -0.4 is 15.0 Å². The summed E-state index contributed by atoms with van der Waals surface area (Å²) in [7, 11) is 0. The van der Waals surface area contributed by atoms with E-state index in [0.29, 0.717) is 11.3 Å². The van der Waals surface area contributed by atoms with Crippen LogP contribution in [-0.2, 0) is 9.59 Å². The molecule has 0 saturated carbocycles. The van der Waals surface area contributed by atoms with E-state index in [1.807, 2.05) is 13.8 Å². The molecule has 1 fully saturated rings. The molecule has 0 spiro atoms. The van der Waals surface area contributed by atoms with Gasteiger partial charge in [-0.3, -0.25) is 9.59 Å². The van der Waals surface area contributed by atoms with Crippen molar-refractivity contribution in [3.8, 4) is 5.75 Å². The summed E-state index contributed by atoms with van der Waals surface area (Å²) in [5.74, 6) is -2.39. The van der Waals surface area contributed by atoms with E-state index in [-0.39, 0.29) is 24.7 Å². The smallest absolute Gasteiger partial charge is 0.406 e. The SMILES string of the molecule is CC(C)n1ncc2cc(NC(=O)C3CCN(c4cccc(OC(F)(F)F)c4)C3=O)cnc21. The molecule has 3 heterocycles. The third kappa shape index (κ3) is 4.36. The van der Waals surface area contributed by atoms with Gasteiger partial charge in [0.2, 0.25) is 11.8 Å². The molecule has 0 aliphatic carbocycles. The van der Waals surface area contributed by atoms with Crippen LogP contribution >= 0.6 is 0 Å². The van der Waals surface area contributed by atoms with E-state index in [1.54, 1.807) is 16.9 Å². The summed E-state index contributed by atoms with van der Waals surface area (Å²) in [6.45, 7) is 4.16. The number of carbonyl (C=O) groups excluding carboxylic acids is 2. The van der Waals surface area contributed by atoms with Crippen molar-refractivity contribution in [1.82, 2.24) is 14.8 Å². The zero-order chi connectivity index (χ0) is 23.0. The molecule has 1 unspecified atom stereocenters. The summed E-state index contributed by atoms with van der Waals surface area (Å²) in [5, 5.41) is 7.72. The van der Waals surface area contributed by atoms with Crippen LogP contribution in [0.2, 0.25) is 0 Å². The Morgan fingerprint density at radius 3 is 2.75 bits per heavy atom. The molecule has 0 bridgehead atoms. The fourth-order valence-corrected chi connectivity index (χ4v) is 3.64. The third-order valence-electron chi connectivity index (χ3n) is 5.07. The average Bonchev–Trinajstić information content (AvgIpc) is 3.30. The van der Waals surface area contributed by atoms with E-state index < -0.39 is 29.8 Å². The number of fused-ring (bicyclic) bond motifs is 1. The standard InChI is InChI=1S/C21H20F3N5O3/c1-12(2)29-18-13(10-26-29)8-14(11-25-18)27-19(30)17-6-7-28(20(17)31)15-4-3-5-16(9-15)32-21(22,23)24/h3-5,8-12,17H,6-7H2,1-2H3,(H,27,30). The Kier molecular flexibility index (Phi) is 5.49. The van der Waals surface area contributed by atoms with Crippen LogP contribution in [0.3, 0.4) is 0 Å². The van der Waals surface area contributed by atoms with Gasteiger partial charge in [-0.05, 0) is 38.5 Å². The molecule has 1 aliphatic heterocycles. The van der Waals surface area contributed by atoms with Crippen LogP contribution in [0.4, 0.5) is 24.5 Å². The first-order valence-electron chi connectivity index (χ1n) is 9.94. The van der Waals surface area contributed by atoms with Gasteiger partial charge in [-0.15, -0.1) is 13.2 Å². The van der Waals surface area contributed by atoms with Gasteiger partial charge in [0.25, 0.3) is 0 Å². The van der Waals surface area contributed by atoms with Crippen LogP contribution in [0.15, 0.2) is 42.7 Å². The van der Waals surface area contributed by atoms with E-state index in [1.165, 1.54) is 23.2 Å². The van der Waals surface area contributed by atoms with Gasteiger partial charge < -0.3 is 15.0 Å². The lowest BCUT2D eigenvalue weighted by Gasteiger charge is -2.18. The molecular formula is C21H20F3N5O3. The minimum absolute atomic E-state index is 0.127. The number of ether oxygens (including phenoxy) is 1. The minimum atomic E-state index is -4.84. The number of rotatable bonds is 5. The zero-order valence-corrected chi connectivity index (χ0v) is 17.3. The highest BCUT2D eigenvalue weighted by molar-refractivity contribution is 6.13. The molecule has 1 saturated heterocycles. The highest BCUT2D eigenvalue weighted by Gasteiger charge is 2.38. The van der Waals surface area contributed by atoms with Gasteiger partial charge in [-0.25, -0.2) is 9.67 Å². The molecule has 1 atom stereocenters. The molecular weight excluding hydrogens is 427 g/mol. The first kappa shape index (κ1) is 21.6. The predicted molar refractivity (Wildman–Crippen MR) is 110 cm³/mol. The quantitative estimate of drug-likeness (QED) is 0.600. The second-order valence-corrected chi connectivity index (χ2v) is 7.69. The van der Waals surface area contributed by atoms with Gasteiger partial charge in [0.05, 0.1) is 18.1 Å². The lowest BCUT2D eigenvalue weighted by atomic mass is 10.1. The molecule has 11 heteroatoms.